The summed E-state index contributed by atoms with van der Waals surface area (Å²) < 4.78 is 15.4. The highest BCUT2D eigenvalue weighted by molar-refractivity contribution is 5.80. The molecular formula is C17H19FN2O. The molecule has 21 heavy (non-hydrogen) atoms. The van der Waals surface area contributed by atoms with Crippen LogP contribution in [0, 0.1) is 11.7 Å². The number of rotatable bonds is 6. The zero-order chi connectivity index (χ0) is 14.7. The summed E-state index contributed by atoms with van der Waals surface area (Å²) >= 11 is 0. The van der Waals surface area contributed by atoms with Gasteiger partial charge in [-0.05, 0) is 49.1 Å². The van der Waals surface area contributed by atoms with Gasteiger partial charge in [0.15, 0.2) is 0 Å². The van der Waals surface area contributed by atoms with E-state index >= 15 is 0 Å². The molecule has 1 atom stereocenters. The SMILES string of the molecule is O=C(NC[C@@H](Cc1cccc(F)c1)n1cccc1)C1CC1. The van der Waals surface area contributed by atoms with Gasteiger partial charge in [-0.2, -0.15) is 0 Å². The maximum Gasteiger partial charge on any atom is 0.223 e. The fourth-order valence-corrected chi connectivity index (χ4v) is 2.52. The molecule has 1 aliphatic rings. The number of nitrogens with zero attached hydrogens (tertiary/aromatic N) is 1. The molecule has 0 unspecified atom stereocenters. The molecule has 110 valence electrons. The highest BCUT2D eigenvalue weighted by Gasteiger charge is 2.29. The van der Waals surface area contributed by atoms with Gasteiger partial charge in [0.25, 0.3) is 0 Å². The van der Waals surface area contributed by atoms with E-state index in [1.165, 1.54) is 6.07 Å². The monoisotopic (exact) mass is 286 g/mol. The average Bonchev–Trinajstić information content (AvgIpc) is 3.19. The Kier molecular flexibility index (Phi) is 4.04. The third-order valence-electron chi connectivity index (χ3n) is 3.87. The molecular weight excluding hydrogens is 267 g/mol. The molecule has 0 saturated heterocycles. The lowest BCUT2D eigenvalue weighted by molar-refractivity contribution is -0.122. The molecule has 3 nitrogen and oxygen atoms in total. The van der Waals surface area contributed by atoms with Gasteiger partial charge in [-0.1, -0.05) is 12.1 Å². The van der Waals surface area contributed by atoms with Crippen LogP contribution in [0.1, 0.15) is 24.4 Å². The Morgan fingerprint density at radius 3 is 2.71 bits per heavy atom. The van der Waals surface area contributed by atoms with Crippen molar-refractivity contribution >= 4 is 5.91 Å². The lowest BCUT2D eigenvalue weighted by Crippen LogP contribution is -2.32. The molecule has 1 saturated carbocycles. The predicted molar refractivity (Wildman–Crippen MR) is 79.3 cm³/mol. The molecule has 1 aliphatic carbocycles. The number of amides is 1. The minimum Gasteiger partial charge on any atom is -0.354 e. The van der Waals surface area contributed by atoms with Crippen LogP contribution >= 0.6 is 0 Å². The molecule has 0 spiro atoms. The van der Waals surface area contributed by atoms with Gasteiger partial charge in [-0.15, -0.1) is 0 Å². The molecule has 1 aromatic heterocycles. The van der Waals surface area contributed by atoms with E-state index in [1.807, 2.05) is 30.6 Å². The Hall–Kier alpha value is -2.10. The first-order chi connectivity index (χ1) is 10.2. The van der Waals surface area contributed by atoms with Crippen molar-refractivity contribution in [2.24, 2.45) is 5.92 Å². The maximum atomic E-state index is 13.3. The van der Waals surface area contributed by atoms with Gasteiger partial charge >= 0.3 is 0 Å². The fraction of sp³-hybridized carbons (Fsp3) is 0.353. The average molecular weight is 286 g/mol. The van der Waals surface area contributed by atoms with E-state index in [-0.39, 0.29) is 23.7 Å². The highest BCUT2D eigenvalue weighted by Crippen LogP contribution is 2.29. The van der Waals surface area contributed by atoms with Crippen molar-refractivity contribution in [1.82, 2.24) is 9.88 Å². The van der Waals surface area contributed by atoms with E-state index in [4.69, 9.17) is 0 Å². The van der Waals surface area contributed by atoms with E-state index in [2.05, 4.69) is 9.88 Å². The zero-order valence-electron chi connectivity index (χ0n) is 11.8. The van der Waals surface area contributed by atoms with E-state index < -0.39 is 0 Å². The summed E-state index contributed by atoms with van der Waals surface area (Å²) in [5, 5.41) is 3.01. The summed E-state index contributed by atoms with van der Waals surface area (Å²) in [5.41, 5.74) is 0.939. The summed E-state index contributed by atoms with van der Waals surface area (Å²) in [7, 11) is 0. The topological polar surface area (TPSA) is 34.0 Å². The molecule has 4 heteroatoms. The molecule has 0 radical (unpaired) electrons. The van der Waals surface area contributed by atoms with Crippen molar-refractivity contribution in [3.05, 3.63) is 60.2 Å². The standard InChI is InChI=1S/C17H19FN2O/c18-15-5-3-4-13(10-15)11-16(20-8-1-2-9-20)12-19-17(21)14-6-7-14/h1-5,8-10,14,16H,6-7,11-12H2,(H,19,21)/t16-/m1/s1. The molecule has 0 aliphatic heterocycles. The van der Waals surface area contributed by atoms with Crippen molar-refractivity contribution in [2.45, 2.75) is 25.3 Å². The Morgan fingerprint density at radius 1 is 1.29 bits per heavy atom. The second-order valence-corrected chi connectivity index (χ2v) is 5.64. The zero-order valence-corrected chi connectivity index (χ0v) is 11.8. The molecule has 3 rings (SSSR count). The number of aromatic nitrogens is 1. The van der Waals surface area contributed by atoms with Crippen molar-refractivity contribution in [3.8, 4) is 0 Å². The van der Waals surface area contributed by atoms with Gasteiger partial charge < -0.3 is 9.88 Å². The number of benzene rings is 1. The summed E-state index contributed by atoms with van der Waals surface area (Å²) in [4.78, 5) is 11.8. The van der Waals surface area contributed by atoms with E-state index in [0.717, 1.165) is 18.4 Å². The van der Waals surface area contributed by atoms with Gasteiger partial charge in [0, 0.05) is 24.9 Å². The number of hydrogen-bond donors (Lipinski definition) is 1. The van der Waals surface area contributed by atoms with Crippen molar-refractivity contribution in [2.75, 3.05) is 6.54 Å². The third-order valence-corrected chi connectivity index (χ3v) is 3.87. The van der Waals surface area contributed by atoms with Crippen LogP contribution in [0.4, 0.5) is 4.39 Å². The number of nitrogens with one attached hydrogen (secondary N) is 1. The van der Waals surface area contributed by atoms with Crippen molar-refractivity contribution < 1.29 is 9.18 Å². The summed E-state index contributed by atoms with van der Waals surface area (Å²) in [5.74, 6) is 0.136. The normalized spacial score (nSPS) is 15.7. The smallest absolute Gasteiger partial charge is 0.223 e. The molecule has 2 aromatic rings. The number of halogens is 1. The first kappa shape index (κ1) is 13.9. The second kappa shape index (κ2) is 6.12. The number of carbonyl (C=O) groups is 1. The Morgan fingerprint density at radius 2 is 2.05 bits per heavy atom. The summed E-state index contributed by atoms with van der Waals surface area (Å²) in [6.07, 6.45) is 6.66. The molecule has 1 amide bonds. The first-order valence-corrected chi connectivity index (χ1v) is 7.37. The number of hydrogen-bond acceptors (Lipinski definition) is 1. The van der Waals surface area contributed by atoms with Crippen LogP contribution < -0.4 is 5.32 Å². The largest absolute Gasteiger partial charge is 0.354 e. The minimum atomic E-state index is -0.222. The molecule has 1 heterocycles. The van der Waals surface area contributed by atoms with Crippen LogP contribution in [0.3, 0.4) is 0 Å². The van der Waals surface area contributed by atoms with Crippen LogP contribution in [0.2, 0.25) is 0 Å². The van der Waals surface area contributed by atoms with Gasteiger partial charge in [0.1, 0.15) is 5.82 Å². The minimum absolute atomic E-state index is 0.101. The Bertz CT molecular complexity index is 605. The second-order valence-electron chi connectivity index (χ2n) is 5.64. The summed E-state index contributed by atoms with van der Waals surface area (Å²) in [6, 6.07) is 10.7. The number of carbonyl (C=O) groups excluding carboxylic acids is 1. The lowest BCUT2D eigenvalue weighted by Gasteiger charge is -2.20. The van der Waals surface area contributed by atoms with Crippen LogP contribution in [-0.4, -0.2) is 17.0 Å². The van der Waals surface area contributed by atoms with Gasteiger partial charge in [-0.3, -0.25) is 4.79 Å². The molecule has 1 N–H and O–H groups in total. The van der Waals surface area contributed by atoms with Gasteiger partial charge in [0.2, 0.25) is 5.91 Å². The highest BCUT2D eigenvalue weighted by atomic mass is 19.1. The molecule has 1 aromatic carbocycles. The molecule has 1 fully saturated rings. The van der Waals surface area contributed by atoms with Gasteiger partial charge in [-0.25, -0.2) is 4.39 Å². The maximum absolute atomic E-state index is 13.3. The predicted octanol–water partition coefficient (Wildman–Crippen LogP) is 2.94. The van der Waals surface area contributed by atoms with E-state index in [0.29, 0.717) is 13.0 Å². The van der Waals surface area contributed by atoms with Crippen molar-refractivity contribution in [1.29, 1.82) is 0 Å². The van der Waals surface area contributed by atoms with E-state index in [1.54, 1.807) is 12.1 Å². The third kappa shape index (κ3) is 3.72. The lowest BCUT2D eigenvalue weighted by atomic mass is 10.1. The van der Waals surface area contributed by atoms with Crippen molar-refractivity contribution in [3.63, 3.8) is 0 Å². The summed E-state index contributed by atoms with van der Waals surface area (Å²) in [6.45, 7) is 0.570. The Labute approximate surface area is 123 Å². The van der Waals surface area contributed by atoms with Crippen LogP contribution in [0.5, 0.6) is 0 Å². The van der Waals surface area contributed by atoms with Crippen LogP contribution in [0.25, 0.3) is 0 Å². The van der Waals surface area contributed by atoms with Crippen LogP contribution in [-0.2, 0) is 11.2 Å². The van der Waals surface area contributed by atoms with Crippen LogP contribution in [0.15, 0.2) is 48.8 Å². The Balaban J connectivity index is 1.68. The van der Waals surface area contributed by atoms with Gasteiger partial charge in [0.05, 0.1) is 6.04 Å². The van der Waals surface area contributed by atoms with E-state index in [9.17, 15) is 9.18 Å². The molecule has 0 bridgehead atoms. The first-order valence-electron chi connectivity index (χ1n) is 7.37. The fourth-order valence-electron chi connectivity index (χ4n) is 2.52. The quantitative estimate of drug-likeness (QED) is 0.870.